The van der Waals surface area contributed by atoms with Crippen LogP contribution in [0.25, 0.3) is 0 Å². The summed E-state index contributed by atoms with van der Waals surface area (Å²) in [5.74, 6) is -0.405. The number of fused-ring (bicyclic) bond motifs is 1. The maximum absolute atomic E-state index is 12.7. The lowest BCUT2D eigenvalue weighted by Gasteiger charge is -2.27. The van der Waals surface area contributed by atoms with E-state index in [9.17, 15) is 9.59 Å². The molecule has 2 aromatic rings. The lowest BCUT2D eigenvalue weighted by molar-refractivity contribution is 0.0683. The first-order valence-corrected chi connectivity index (χ1v) is 8.85. The van der Waals surface area contributed by atoms with E-state index in [1.165, 1.54) is 0 Å². The van der Waals surface area contributed by atoms with Gasteiger partial charge in [-0.15, -0.1) is 0 Å². The molecule has 0 radical (unpaired) electrons. The fourth-order valence-electron chi connectivity index (χ4n) is 2.82. The van der Waals surface area contributed by atoms with Crippen LogP contribution in [0.2, 0.25) is 5.02 Å². The van der Waals surface area contributed by atoms with Crippen molar-refractivity contribution in [1.29, 1.82) is 0 Å². The molecule has 1 aliphatic heterocycles. The average Bonchev–Trinajstić information content (AvgIpc) is 3.08. The second kappa shape index (κ2) is 8.33. The normalized spacial score (nSPS) is 13.6. The third-order valence-electron chi connectivity index (χ3n) is 4.20. The van der Waals surface area contributed by atoms with Crippen molar-refractivity contribution in [2.45, 2.75) is 19.5 Å². The number of halogens is 1. The van der Waals surface area contributed by atoms with Gasteiger partial charge in [-0.2, -0.15) is 5.10 Å². The number of nitrogens with one attached hydrogen (secondary N) is 1. The second-order valence-corrected chi connectivity index (χ2v) is 6.53. The third-order valence-corrected chi connectivity index (χ3v) is 4.45. The molecule has 1 aromatic heterocycles. The van der Waals surface area contributed by atoms with Gasteiger partial charge in [-0.25, -0.2) is 0 Å². The molecule has 1 aliphatic rings. The number of benzene rings is 1. The van der Waals surface area contributed by atoms with E-state index in [4.69, 9.17) is 16.3 Å². The van der Waals surface area contributed by atoms with Gasteiger partial charge in [0.15, 0.2) is 5.69 Å². The van der Waals surface area contributed by atoms with Crippen molar-refractivity contribution in [2.75, 3.05) is 26.8 Å². The summed E-state index contributed by atoms with van der Waals surface area (Å²) in [7, 11) is 1.62. The van der Waals surface area contributed by atoms with Crippen molar-refractivity contribution in [1.82, 2.24) is 20.0 Å². The van der Waals surface area contributed by atoms with Gasteiger partial charge in [0.1, 0.15) is 5.69 Å². The molecule has 0 bridgehead atoms. The molecule has 0 saturated heterocycles. The number of aromatic nitrogens is 2. The fraction of sp³-hybridized carbons (Fsp3) is 0.389. The summed E-state index contributed by atoms with van der Waals surface area (Å²) in [5, 5.41) is 7.71. The van der Waals surface area contributed by atoms with Gasteiger partial charge in [0.25, 0.3) is 11.8 Å². The Bertz CT molecular complexity index is 788. The van der Waals surface area contributed by atoms with E-state index < -0.39 is 0 Å². The predicted octanol–water partition coefficient (Wildman–Crippen LogP) is 1.96. The molecule has 0 spiro atoms. The van der Waals surface area contributed by atoms with Crippen molar-refractivity contribution < 1.29 is 14.3 Å². The van der Waals surface area contributed by atoms with Crippen LogP contribution in [0.1, 0.15) is 33.0 Å². The summed E-state index contributed by atoms with van der Waals surface area (Å²) in [6.07, 6.45) is 0.726. The van der Waals surface area contributed by atoms with E-state index in [1.807, 2.05) is 24.3 Å². The Kier molecular flexibility index (Phi) is 5.90. The summed E-state index contributed by atoms with van der Waals surface area (Å²) in [6, 6.07) is 8.98. The molecule has 0 saturated carbocycles. The van der Waals surface area contributed by atoms with Crippen molar-refractivity contribution >= 4 is 23.4 Å². The summed E-state index contributed by atoms with van der Waals surface area (Å²) < 4.78 is 6.55. The van der Waals surface area contributed by atoms with Gasteiger partial charge in [-0.05, 0) is 24.1 Å². The Morgan fingerprint density at radius 3 is 2.81 bits per heavy atom. The standard InChI is InChI=1S/C18H21ClN4O3/c1-26-10-2-7-20-17(24)15-11-16-18(25)22(8-9-23(16)21-15)12-13-3-5-14(19)6-4-13/h3-6,11H,2,7-10,12H2,1H3,(H,20,24). The zero-order valence-electron chi connectivity index (χ0n) is 14.6. The van der Waals surface area contributed by atoms with Crippen molar-refractivity contribution in [3.63, 3.8) is 0 Å². The molecule has 0 fully saturated rings. The number of hydrogen-bond acceptors (Lipinski definition) is 4. The van der Waals surface area contributed by atoms with Gasteiger partial charge in [0.2, 0.25) is 0 Å². The Morgan fingerprint density at radius 1 is 1.31 bits per heavy atom. The topological polar surface area (TPSA) is 76.5 Å². The number of amides is 2. The molecule has 2 amide bonds. The molecule has 2 heterocycles. The van der Waals surface area contributed by atoms with Gasteiger partial charge < -0.3 is 15.0 Å². The molecule has 138 valence electrons. The quantitative estimate of drug-likeness (QED) is 0.749. The highest BCUT2D eigenvalue weighted by Crippen LogP contribution is 2.18. The SMILES string of the molecule is COCCCNC(=O)c1cc2n(n1)CCN(Cc1ccc(Cl)cc1)C2=O. The van der Waals surface area contributed by atoms with E-state index >= 15 is 0 Å². The Hall–Kier alpha value is -2.38. The van der Waals surface area contributed by atoms with Crippen LogP contribution in [0.5, 0.6) is 0 Å². The molecule has 1 aromatic carbocycles. The monoisotopic (exact) mass is 376 g/mol. The highest BCUT2D eigenvalue weighted by molar-refractivity contribution is 6.30. The Labute approximate surface area is 156 Å². The Balaban J connectivity index is 1.65. The lowest BCUT2D eigenvalue weighted by atomic mass is 10.2. The first-order valence-electron chi connectivity index (χ1n) is 8.47. The minimum absolute atomic E-state index is 0.128. The molecule has 0 unspecified atom stereocenters. The highest BCUT2D eigenvalue weighted by atomic mass is 35.5. The van der Waals surface area contributed by atoms with Crippen LogP contribution < -0.4 is 5.32 Å². The number of carbonyl (C=O) groups excluding carboxylic acids is 2. The zero-order chi connectivity index (χ0) is 18.5. The summed E-state index contributed by atoms with van der Waals surface area (Å²) in [5.41, 5.74) is 1.71. The number of methoxy groups -OCH3 is 1. The van der Waals surface area contributed by atoms with Crippen LogP contribution in [0, 0.1) is 0 Å². The fourth-order valence-corrected chi connectivity index (χ4v) is 2.95. The average molecular weight is 377 g/mol. The van der Waals surface area contributed by atoms with Crippen LogP contribution in [0.15, 0.2) is 30.3 Å². The maximum atomic E-state index is 12.7. The minimum Gasteiger partial charge on any atom is -0.385 e. The minimum atomic E-state index is -0.278. The van der Waals surface area contributed by atoms with E-state index in [1.54, 1.807) is 22.8 Å². The molecule has 1 N–H and O–H groups in total. The van der Waals surface area contributed by atoms with Gasteiger partial charge in [0, 0.05) is 44.4 Å². The van der Waals surface area contributed by atoms with Crippen LogP contribution in [-0.2, 0) is 17.8 Å². The zero-order valence-corrected chi connectivity index (χ0v) is 15.3. The van der Waals surface area contributed by atoms with E-state index in [0.29, 0.717) is 43.5 Å². The largest absolute Gasteiger partial charge is 0.385 e. The van der Waals surface area contributed by atoms with Gasteiger partial charge in [0.05, 0.1) is 6.54 Å². The van der Waals surface area contributed by atoms with Crippen molar-refractivity contribution in [3.05, 3.63) is 52.3 Å². The molecule has 0 aliphatic carbocycles. The Morgan fingerprint density at radius 2 is 2.08 bits per heavy atom. The summed E-state index contributed by atoms with van der Waals surface area (Å²) in [6.45, 7) is 2.69. The molecular formula is C18H21ClN4O3. The van der Waals surface area contributed by atoms with Gasteiger partial charge in [-0.3, -0.25) is 14.3 Å². The number of ether oxygens (including phenoxy) is 1. The first kappa shape index (κ1) is 18.4. The molecular weight excluding hydrogens is 356 g/mol. The van der Waals surface area contributed by atoms with Crippen LogP contribution in [0.3, 0.4) is 0 Å². The van der Waals surface area contributed by atoms with E-state index in [-0.39, 0.29) is 17.5 Å². The van der Waals surface area contributed by atoms with Crippen molar-refractivity contribution in [2.24, 2.45) is 0 Å². The van der Waals surface area contributed by atoms with Crippen LogP contribution in [-0.4, -0.2) is 53.3 Å². The summed E-state index contributed by atoms with van der Waals surface area (Å²) in [4.78, 5) is 26.6. The number of carbonyl (C=O) groups is 2. The van der Waals surface area contributed by atoms with E-state index in [2.05, 4.69) is 10.4 Å². The maximum Gasteiger partial charge on any atom is 0.272 e. The van der Waals surface area contributed by atoms with Crippen LogP contribution >= 0.6 is 11.6 Å². The number of hydrogen-bond donors (Lipinski definition) is 1. The molecule has 8 heteroatoms. The molecule has 7 nitrogen and oxygen atoms in total. The van der Waals surface area contributed by atoms with E-state index in [0.717, 1.165) is 12.0 Å². The lowest BCUT2D eigenvalue weighted by Crippen LogP contribution is -2.39. The highest BCUT2D eigenvalue weighted by Gasteiger charge is 2.27. The first-order chi connectivity index (χ1) is 12.6. The number of nitrogens with zero attached hydrogens (tertiary/aromatic N) is 3. The second-order valence-electron chi connectivity index (χ2n) is 6.09. The van der Waals surface area contributed by atoms with Gasteiger partial charge in [-0.1, -0.05) is 23.7 Å². The molecule has 3 rings (SSSR count). The smallest absolute Gasteiger partial charge is 0.272 e. The third kappa shape index (κ3) is 4.23. The molecule has 0 atom stereocenters. The van der Waals surface area contributed by atoms with Crippen LogP contribution in [0.4, 0.5) is 0 Å². The summed E-state index contributed by atoms with van der Waals surface area (Å²) >= 11 is 5.90. The number of rotatable bonds is 7. The van der Waals surface area contributed by atoms with Crippen molar-refractivity contribution in [3.8, 4) is 0 Å². The predicted molar refractivity (Wildman–Crippen MR) is 97.2 cm³/mol. The van der Waals surface area contributed by atoms with Gasteiger partial charge >= 0.3 is 0 Å². The molecule has 26 heavy (non-hydrogen) atoms.